The number of methoxy groups -OCH3 is 1. The van der Waals surface area contributed by atoms with Crippen molar-refractivity contribution in [1.29, 1.82) is 0 Å². The maximum absolute atomic E-state index is 12.1. The zero-order chi connectivity index (χ0) is 18.5. The van der Waals surface area contributed by atoms with Crippen molar-refractivity contribution in [3.8, 4) is 0 Å². The van der Waals surface area contributed by atoms with Gasteiger partial charge < -0.3 is 20.4 Å². The van der Waals surface area contributed by atoms with Gasteiger partial charge in [-0.3, -0.25) is 0 Å². The summed E-state index contributed by atoms with van der Waals surface area (Å²) in [4.78, 5) is 26.9. The van der Waals surface area contributed by atoms with Crippen LogP contribution in [0.3, 0.4) is 0 Å². The van der Waals surface area contributed by atoms with Gasteiger partial charge >= 0.3 is 12.0 Å². The first-order valence-corrected chi connectivity index (χ1v) is 8.44. The molecule has 1 heterocycles. The second-order valence-corrected chi connectivity index (χ2v) is 6.08. The van der Waals surface area contributed by atoms with E-state index in [-0.39, 0.29) is 0 Å². The van der Waals surface area contributed by atoms with Crippen molar-refractivity contribution in [2.75, 3.05) is 19.0 Å². The Kier molecular flexibility index (Phi) is 5.43. The molecule has 0 aliphatic heterocycles. The Morgan fingerprint density at radius 1 is 1.19 bits per heavy atom. The summed E-state index contributed by atoms with van der Waals surface area (Å²) in [5.41, 5.74) is 2.86. The number of para-hydroxylation sites is 1. The lowest BCUT2D eigenvalue weighted by Crippen LogP contribution is -2.30. The standard InChI is InChI=1S/C19H18ClN3O3/c1-26-18(24)12-6-7-15(20)17(10-12)23-19(25)21-9-8-13-11-22-16-5-3-2-4-14(13)16/h2-7,10-11,22H,8-9H2,1H3,(H2,21,23,25). The number of amides is 2. The summed E-state index contributed by atoms with van der Waals surface area (Å²) in [6.07, 6.45) is 2.63. The number of aromatic amines is 1. The van der Waals surface area contributed by atoms with Crippen LogP contribution in [0.15, 0.2) is 48.7 Å². The Bertz CT molecular complexity index is 952. The van der Waals surface area contributed by atoms with Crippen LogP contribution in [0, 0.1) is 0 Å². The number of carbonyl (C=O) groups excluding carboxylic acids is 2. The summed E-state index contributed by atoms with van der Waals surface area (Å²) in [5.74, 6) is -0.496. The van der Waals surface area contributed by atoms with Gasteiger partial charge in [-0.25, -0.2) is 9.59 Å². The number of ether oxygens (including phenoxy) is 1. The van der Waals surface area contributed by atoms with Crippen molar-refractivity contribution in [2.45, 2.75) is 6.42 Å². The number of carbonyl (C=O) groups is 2. The molecule has 3 rings (SSSR count). The van der Waals surface area contributed by atoms with Crippen LogP contribution in [0.1, 0.15) is 15.9 Å². The molecule has 0 unspecified atom stereocenters. The molecule has 0 aliphatic rings. The van der Waals surface area contributed by atoms with Crippen molar-refractivity contribution in [2.24, 2.45) is 0 Å². The minimum Gasteiger partial charge on any atom is -0.465 e. The highest BCUT2D eigenvalue weighted by atomic mass is 35.5. The van der Waals surface area contributed by atoms with Crippen molar-refractivity contribution < 1.29 is 14.3 Å². The first kappa shape index (κ1) is 17.8. The van der Waals surface area contributed by atoms with Crippen LogP contribution in [0.4, 0.5) is 10.5 Å². The van der Waals surface area contributed by atoms with Crippen LogP contribution < -0.4 is 10.6 Å². The van der Waals surface area contributed by atoms with Gasteiger partial charge in [0.2, 0.25) is 0 Å². The lowest BCUT2D eigenvalue weighted by molar-refractivity contribution is 0.0600. The number of hydrogen-bond acceptors (Lipinski definition) is 3. The third-order valence-electron chi connectivity index (χ3n) is 3.99. The number of nitrogens with one attached hydrogen (secondary N) is 3. The number of urea groups is 1. The molecule has 0 atom stereocenters. The van der Waals surface area contributed by atoms with Gasteiger partial charge in [0.05, 0.1) is 23.4 Å². The van der Waals surface area contributed by atoms with Gasteiger partial charge in [-0.05, 0) is 36.2 Å². The Balaban J connectivity index is 1.58. The molecule has 26 heavy (non-hydrogen) atoms. The first-order valence-electron chi connectivity index (χ1n) is 8.06. The number of fused-ring (bicyclic) bond motifs is 1. The van der Waals surface area contributed by atoms with E-state index in [0.717, 1.165) is 16.5 Å². The third kappa shape index (κ3) is 3.97. The highest BCUT2D eigenvalue weighted by Crippen LogP contribution is 2.23. The molecular formula is C19H18ClN3O3. The summed E-state index contributed by atoms with van der Waals surface area (Å²) in [6.45, 7) is 0.460. The number of anilines is 1. The van der Waals surface area contributed by atoms with E-state index in [1.54, 1.807) is 0 Å². The van der Waals surface area contributed by atoms with Crippen LogP contribution in [-0.4, -0.2) is 30.6 Å². The highest BCUT2D eigenvalue weighted by Gasteiger charge is 2.11. The molecule has 3 N–H and O–H groups in total. The molecule has 0 spiro atoms. The number of rotatable bonds is 5. The maximum Gasteiger partial charge on any atom is 0.337 e. The van der Waals surface area contributed by atoms with Crippen LogP contribution in [0.25, 0.3) is 10.9 Å². The van der Waals surface area contributed by atoms with Gasteiger partial charge in [-0.2, -0.15) is 0 Å². The highest BCUT2D eigenvalue weighted by molar-refractivity contribution is 6.33. The number of benzene rings is 2. The topological polar surface area (TPSA) is 83.2 Å². The van der Waals surface area contributed by atoms with Crippen LogP contribution in [0.5, 0.6) is 0 Å². The van der Waals surface area contributed by atoms with E-state index in [4.69, 9.17) is 11.6 Å². The molecule has 1 aromatic heterocycles. The van der Waals surface area contributed by atoms with Gasteiger partial charge in [0.25, 0.3) is 0 Å². The van der Waals surface area contributed by atoms with E-state index in [2.05, 4.69) is 20.4 Å². The average Bonchev–Trinajstić information content (AvgIpc) is 3.06. The normalized spacial score (nSPS) is 10.5. The summed E-state index contributed by atoms with van der Waals surface area (Å²) >= 11 is 6.07. The summed E-state index contributed by atoms with van der Waals surface area (Å²) in [6, 6.07) is 12.2. The number of halogens is 1. The molecule has 0 radical (unpaired) electrons. The number of esters is 1. The molecule has 7 heteroatoms. The molecule has 0 saturated carbocycles. The largest absolute Gasteiger partial charge is 0.465 e. The lowest BCUT2D eigenvalue weighted by Gasteiger charge is -2.10. The van der Waals surface area contributed by atoms with Gasteiger partial charge in [-0.15, -0.1) is 0 Å². The predicted molar refractivity (Wildman–Crippen MR) is 102 cm³/mol. The fraction of sp³-hybridized carbons (Fsp3) is 0.158. The van der Waals surface area contributed by atoms with Gasteiger partial charge in [0.1, 0.15) is 0 Å². The molecule has 2 aromatic carbocycles. The van der Waals surface area contributed by atoms with Crippen molar-refractivity contribution >= 4 is 40.2 Å². The average molecular weight is 372 g/mol. The molecular weight excluding hydrogens is 354 g/mol. The van der Waals surface area contributed by atoms with Crippen molar-refractivity contribution in [3.05, 3.63) is 64.8 Å². The molecule has 0 saturated heterocycles. The summed E-state index contributed by atoms with van der Waals surface area (Å²) in [5, 5.41) is 6.91. The van der Waals surface area contributed by atoms with Crippen LogP contribution in [0.2, 0.25) is 5.02 Å². The smallest absolute Gasteiger partial charge is 0.337 e. The minimum absolute atomic E-state index is 0.311. The van der Waals surface area contributed by atoms with Crippen LogP contribution >= 0.6 is 11.6 Å². The monoisotopic (exact) mass is 371 g/mol. The molecule has 3 aromatic rings. The fourth-order valence-electron chi connectivity index (χ4n) is 2.68. The number of aromatic nitrogens is 1. The van der Waals surface area contributed by atoms with E-state index < -0.39 is 12.0 Å². The zero-order valence-corrected chi connectivity index (χ0v) is 14.9. The number of hydrogen-bond donors (Lipinski definition) is 3. The first-order chi connectivity index (χ1) is 12.6. The Labute approximate surface area is 155 Å². The lowest BCUT2D eigenvalue weighted by atomic mass is 10.1. The second-order valence-electron chi connectivity index (χ2n) is 5.68. The van der Waals surface area contributed by atoms with Gasteiger partial charge in [0, 0.05) is 23.6 Å². The molecule has 6 nitrogen and oxygen atoms in total. The number of H-pyrrole nitrogens is 1. The Hall–Kier alpha value is -2.99. The van der Waals surface area contributed by atoms with E-state index in [1.807, 2.05) is 30.5 Å². The molecule has 2 amide bonds. The SMILES string of the molecule is COC(=O)c1ccc(Cl)c(NC(=O)NCCc2c[nH]c3ccccc23)c1. The second kappa shape index (κ2) is 7.93. The van der Waals surface area contributed by atoms with Gasteiger partial charge in [0.15, 0.2) is 0 Å². The zero-order valence-electron chi connectivity index (χ0n) is 14.1. The molecule has 0 aliphatic carbocycles. The molecule has 0 bridgehead atoms. The quantitative estimate of drug-likeness (QED) is 0.593. The van der Waals surface area contributed by atoms with Crippen molar-refractivity contribution in [1.82, 2.24) is 10.3 Å². The summed E-state index contributed by atoms with van der Waals surface area (Å²) in [7, 11) is 1.29. The molecule has 0 fully saturated rings. The fourth-order valence-corrected chi connectivity index (χ4v) is 2.85. The van der Waals surface area contributed by atoms with E-state index in [0.29, 0.717) is 29.2 Å². The molecule has 134 valence electrons. The van der Waals surface area contributed by atoms with E-state index in [9.17, 15) is 9.59 Å². The van der Waals surface area contributed by atoms with Gasteiger partial charge in [-0.1, -0.05) is 29.8 Å². The summed E-state index contributed by atoms with van der Waals surface area (Å²) < 4.78 is 4.66. The maximum atomic E-state index is 12.1. The van der Waals surface area contributed by atoms with Crippen LogP contribution in [-0.2, 0) is 11.2 Å². The van der Waals surface area contributed by atoms with E-state index in [1.165, 1.54) is 25.3 Å². The third-order valence-corrected chi connectivity index (χ3v) is 4.32. The predicted octanol–water partition coefficient (Wildman–Crippen LogP) is 3.97. The van der Waals surface area contributed by atoms with Crippen molar-refractivity contribution in [3.63, 3.8) is 0 Å². The Morgan fingerprint density at radius 2 is 2.00 bits per heavy atom. The van der Waals surface area contributed by atoms with E-state index >= 15 is 0 Å². The Morgan fingerprint density at radius 3 is 2.81 bits per heavy atom. The minimum atomic E-state index is -0.496.